The molecule has 5 rings (SSSR count). The summed E-state index contributed by atoms with van der Waals surface area (Å²) in [5.74, 6) is 3.84. The number of carbonyl (C=O) groups is 1. The number of piperidine rings is 1. The number of hydrogen-bond acceptors (Lipinski definition) is 8. The van der Waals surface area contributed by atoms with Gasteiger partial charge in [0.1, 0.15) is 11.6 Å². The molecule has 0 unspecified atom stereocenters. The van der Waals surface area contributed by atoms with Crippen molar-refractivity contribution in [3.05, 3.63) is 59.7 Å². The summed E-state index contributed by atoms with van der Waals surface area (Å²) in [5.41, 5.74) is 1.89. The summed E-state index contributed by atoms with van der Waals surface area (Å²) >= 11 is 0. The third kappa shape index (κ3) is 5.02. The number of nitrogens with one attached hydrogen (secondary N) is 2. The lowest BCUT2D eigenvalue weighted by Crippen LogP contribution is -2.41. The number of nitrogens with zero attached hydrogens (tertiary/aromatic N) is 3. The molecule has 33 heavy (non-hydrogen) atoms. The lowest BCUT2D eigenvalue weighted by molar-refractivity contribution is -0.125. The van der Waals surface area contributed by atoms with Crippen molar-refractivity contribution in [2.45, 2.75) is 32.9 Å². The van der Waals surface area contributed by atoms with Crippen molar-refractivity contribution in [2.75, 3.05) is 30.1 Å². The summed E-state index contributed by atoms with van der Waals surface area (Å²) in [6.45, 7) is 4.72. The second-order valence-electron chi connectivity index (χ2n) is 8.29. The molecule has 2 aliphatic heterocycles. The van der Waals surface area contributed by atoms with Crippen LogP contribution in [0.15, 0.2) is 47.1 Å². The first kappa shape index (κ1) is 21.1. The van der Waals surface area contributed by atoms with E-state index in [1.165, 1.54) is 0 Å². The zero-order valence-corrected chi connectivity index (χ0v) is 18.5. The maximum Gasteiger partial charge on any atom is 0.231 e. The van der Waals surface area contributed by atoms with Gasteiger partial charge in [-0.25, -0.2) is 4.98 Å². The van der Waals surface area contributed by atoms with E-state index < -0.39 is 0 Å². The van der Waals surface area contributed by atoms with Crippen LogP contribution in [0.25, 0.3) is 0 Å². The van der Waals surface area contributed by atoms with Crippen LogP contribution in [0.4, 0.5) is 11.8 Å². The Labute approximate surface area is 192 Å². The van der Waals surface area contributed by atoms with Crippen LogP contribution in [0.2, 0.25) is 0 Å². The highest BCUT2D eigenvalue weighted by Gasteiger charge is 2.26. The molecule has 0 saturated carbocycles. The number of benzene rings is 1. The van der Waals surface area contributed by atoms with E-state index in [1.807, 2.05) is 43.3 Å². The van der Waals surface area contributed by atoms with Gasteiger partial charge in [0.15, 0.2) is 11.5 Å². The molecule has 9 heteroatoms. The van der Waals surface area contributed by atoms with E-state index in [-0.39, 0.29) is 18.6 Å². The molecule has 2 N–H and O–H groups in total. The molecule has 4 heterocycles. The Morgan fingerprint density at radius 2 is 1.94 bits per heavy atom. The zero-order valence-electron chi connectivity index (χ0n) is 18.5. The van der Waals surface area contributed by atoms with Crippen LogP contribution in [0.5, 0.6) is 11.5 Å². The fraction of sp³-hybridized carbons (Fsp3) is 0.375. The SMILES string of the molecule is Cc1cc(NCc2ccco2)nc(N2CCC(C(=O)NCc3ccc4c(c3)OCO4)CC2)n1. The number of ether oxygens (including phenoxy) is 2. The van der Waals surface area contributed by atoms with E-state index in [1.54, 1.807) is 6.26 Å². The molecule has 172 valence electrons. The van der Waals surface area contributed by atoms with E-state index in [9.17, 15) is 4.79 Å². The minimum atomic E-state index is -0.0170. The molecule has 1 aromatic carbocycles. The number of aryl methyl sites for hydroxylation is 1. The number of anilines is 2. The number of aromatic nitrogens is 2. The quantitative estimate of drug-likeness (QED) is 0.567. The van der Waals surface area contributed by atoms with E-state index in [4.69, 9.17) is 13.9 Å². The van der Waals surface area contributed by atoms with Crippen LogP contribution < -0.4 is 25.0 Å². The second-order valence-corrected chi connectivity index (χ2v) is 8.29. The highest BCUT2D eigenvalue weighted by atomic mass is 16.7. The highest BCUT2D eigenvalue weighted by Crippen LogP contribution is 2.32. The van der Waals surface area contributed by atoms with Gasteiger partial charge in [-0.1, -0.05) is 6.07 Å². The van der Waals surface area contributed by atoms with Crippen molar-refractivity contribution < 1.29 is 18.7 Å². The molecule has 0 spiro atoms. The number of furan rings is 1. The van der Waals surface area contributed by atoms with Crippen LogP contribution in [0.1, 0.15) is 29.9 Å². The number of rotatable bonds is 7. The summed E-state index contributed by atoms with van der Waals surface area (Å²) in [6.07, 6.45) is 3.18. The summed E-state index contributed by atoms with van der Waals surface area (Å²) in [7, 11) is 0. The van der Waals surface area contributed by atoms with Gasteiger partial charge in [-0.3, -0.25) is 4.79 Å². The third-order valence-corrected chi connectivity index (χ3v) is 5.92. The van der Waals surface area contributed by atoms with Gasteiger partial charge in [0.2, 0.25) is 18.6 Å². The average Bonchev–Trinajstić information content (AvgIpc) is 3.52. The monoisotopic (exact) mass is 449 g/mol. The number of carbonyl (C=O) groups excluding carboxylic acids is 1. The van der Waals surface area contributed by atoms with Crippen molar-refractivity contribution >= 4 is 17.7 Å². The van der Waals surface area contributed by atoms with Crippen LogP contribution in [0.3, 0.4) is 0 Å². The van der Waals surface area contributed by atoms with Crippen molar-refractivity contribution in [2.24, 2.45) is 5.92 Å². The summed E-state index contributed by atoms with van der Waals surface area (Å²) in [4.78, 5) is 24.1. The predicted octanol–water partition coefficient (Wildman–Crippen LogP) is 3.25. The Hall–Kier alpha value is -3.75. The number of hydrogen-bond donors (Lipinski definition) is 2. The first-order chi connectivity index (χ1) is 16.1. The second kappa shape index (κ2) is 9.40. The Morgan fingerprint density at radius 1 is 1.09 bits per heavy atom. The molecule has 2 aromatic heterocycles. The van der Waals surface area contributed by atoms with Crippen LogP contribution >= 0.6 is 0 Å². The van der Waals surface area contributed by atoms with Gasteiger partial charge >= 0.3 is 0 Å². The minimum absolute atomic E-state index is 0.0170. The van der Waals surface area contributed by atoms with E-state index in [0.717, 1.165) is 60.3 Å². The Bertz CT molecular complexity index is 1110. The maximum atomic E-state index is 12.7. The van der Waals surface area contributed by atoms with Gasteiger partial charge < -0.3 is 29.4 Å². The van der Waals surface area contributed by atoms with Crippen LogP contribution in [-0.4, -0.2) is 35.8 Å². The molecule has 0 aliphatic carbocycles. The minimum Gasteiger partial charge on any atom is -0.467 e. The Kier molecular flexibility index (Phi) is 6.01. The topological polar surface area (TPSA) is 102 Å². The third-order valence-electron chi connectivity index (χ3n) is 5.92. The van der Waals surface area contributed by atoms with Crippen LogP contribution in [-0.2, 0) is 17.9 Å². The van der Waals surface area contributed by atoms with E-state index in [2.05, 4.69) is 25.5 Å². The fourth-order valence-corrected chi connectivity index (χ4v) is 4.10. The van der Waals surface area contributed by atoms with Crippen molar-refractivity contribution in [1.82, 2.24) is 15.3 Å². The zero-order chi connectivity index (χ0) is 22.6. The molecular weight excluding hydrogens is 422 g/mol. The number of fused-ring (bicyclic) bond motifs is 1. The van der Waals surface area contributed by atoms with Crippen molar-refractivity contribution in [3.63, 3.8) is 0 Å². The summed E-state index contributed by atoms with van der Waals surface area (Å²) in [5, 5.41) is 6.35. The molecule has 1 amide bonds. The molecular formula is C24H27N5O4. The Balaban J connectivity index is 1.13. The van der Waals surface area contributed by atoms with Gasteiger partial charge in [0.05, 0.1) is 12.8 Å². The molecule has 3 aromatic rings. The maximum absolute atomic E-state index is 12.7. The van der Waals surface area contributed by atoms with E-state index >= 15 is 0 Å². The molecule has 0 bridgehead atoms. The first-order valence-corrected chi connectivity index (χ1v) is 11.2. The van der Waals surface area contributed by atoms with E-state index in [0.29, 0.717) is 19.0 Å². The van der Waals surface area contributed by atoms with Crippen molar-refractivity contribution in [3.8, 4) is 11.5 Å². The summed E-state index contributed by atoms with van der Waals surface area (Å²) < 4.78 is 16.1. The molecule has 2 aliphatic rings. The highest BCUT2D eigenvalue weighted by molar-refractivity contribution is 5.79. The lowest BCUT2D eigenvalue weighted by Gasteiger charge is -2.31. The molecule has 0 radical (unpaired) electrons. The number of amides is 1. The van der Waals surface area contributed by atoms with Gasteiger partial charge in [-0.15, -0.1) is 0 Å². The van der Waals surface area contributed by atoms with Gasteiger partial charge in [0, 0.05) is 37.3 Å². The average molecular weight is 450 g/mol. The van der Waals surface area contributed by atoms with Gasteiger partial charge in [-0.2, -0.15) is 4.98 Å². The summed E-state index contributed by atoms with van der Waals surface area (Å²) in [6, 6.07) is 11.4. The van der Waals surface area contributed by atoms with Crippen molar-refractivity contribution in [1.29, 1.82) is 0 Å². The molecule has 9 nitrogen and oxygen atoms in total. The predicted molar refractivity (Wildman–Crippen MR) is 122 cm³/mol. The normalized spacial score (nSPS) is 15.5. The molecule has 0 atom stereocenters. The van der Waals surface area contributed by atoms with Gasteiger partial charge in [0.25, 0.3) is 0 Å². The molecule has 1 saturated heterocycles. The Morgan fingerprint density at radius 3 is 2.76 bits per heavy atom. The fourth-order valence-electron chi connectivity index (χ4n) is 4.10. The largest absolute Gasteiger partial charge is 0.467 e. The molecule has 1 fully saturated rings. The first-order valence-electron chi connectivity index (χ1n) is 11.2. The lowest BCUT2D eigenvalue weighted by atomic mass is 9.96. The smallest absolute Gasteiger partial charge is 0.231 e. The standard InChI is InChI=1S/C24H27N5O4/c1-16-11-22(25-14-19-3-2-10-31-19)28-24(27-16)29-8-6-18(7-9-29)23(30)26-13-17-4-5-20-21(12-17)33-15-32-20/h2-5,10-12,18H,6-9,13-15H2,1H3,(H,26,30)(H,25,27,28). The van der Waals surface area contributed by atoms with Gasteiger partial charge in [-0.05, 0) is 49.6 Å². The van der Waals surface area contributed by atoms with Crippen LogP contribution in [0, 0.1) is 12.8 Å².